The van der Waals surface area contributed by atoms with E-state index in [1.54, 1.807) is 4.90 Å². The lowest BCUT2D eigenvalue weighted by Crippen LogP contribution is -3.13. The molecule has 3 nitrogen and oxygen atoms in total. The number of piperazine rings is 1. The van der Waals surface area contributed by atoms with Crippen molar-refractivity contribution >= 4 is 5.69 Å². The third-order valence-corrected chi connectivity index (χ3v) is 6.17. The van der Waals surface area contributed by atoms with Crippen LogP contribution < -0.4 is 9.80 Å². The number of hydrogen-bond donors (Lipinski definition) is 2. The van der Waals surface area contributed by atoms with Crippen LogP contribution in [-0.2, 0) is 17.4 Å². The molecule has 29 heavy (non-hydrogen) atoms. The van der Waals surface area contributed by atoms with Crippen LogP contribution in [0.4, 0.5) is 5.69 Å². The van der Waals surface area contributed by atoms with Gasteiger partial charge >= 0.3 is 0 Å². The molecule has 1 heterocycles. The fraction of sp³-hybridized carbons (Fsp3) is 0.538. The van der Waals surface area contributed by atoms with Crippen LogP contribution >= 0.6 is 0 Å². The van der Waals surface area contributed by atoms with Gasteiger partial charge in [0, 0.05) is 22.4 Å². The molecule has 0 amide bonds. The Bertz CT molecular complexity index is 815. The number of aromatic hydroxyl groups is 1. The minimum atomic E-state index is -0.0705. The molecule has 1 aliphatic heterocycles. The Morgan fingerprint density at radius 2 is 1.41 bits per heavy atom. The molecule has 1 fully saturated rings. The van der Waals surface area contributed by atoms with Gasteiger partial charge in [0.15, 0.2) is 0 Å². The van der Waals surface area contributed by atoms with E-state index in [4.69, 9.17) is 0 Å². The predicted octanol–water partition coefficient (Wildman–Crippen LogP) is 4.20. The van der Waals surface area contributed by atoms with Gasteiger partial charge in [0.25, 0.3) is 0 Å². The topological polar surface area (TPSA) is 27.9 Å². The summed E-state index contributed by atoms with van der Waals surface area (Å²) in [7, 11) is 0. The minimum Gasteiger partial charge on any atom is -0.507 e. The van der Waals surface area contributed by atoms with Gasteiger partial charge in [-0.15, -0.1) is 0 Å². The first kappa shape index (κ1) is 21.7. The van der Waals surface area contributed by atoms with Crippen LogP contribution in [0.15, 0.2) is 36.4 Å². The maximum atomic E-state index is 11.0. The van der Waals surface area contributed by atoms with Crippen molar-refractivity contribution in [2.75, 3.05) is 31.1 Å². The summed E-state index contributed by atoms with van der Waals surface area (Å²) in [5, 5.41) is 11.0. The lowest BCUT2D eigenvalue weighted by Gasteiger charge is -2.35. The Kier molecular flexibility index (Phi) is 6.01. The fourth-order valence-corrected chi connectivity index (χ4v) is 4.39. The van der Waals surface area contributed by atoms with Gasteiger partial charge in [-0.25, -0.2) is 0 Å². The molecule has 0 atom stereocenters. The molecule has 1 aliphatic rings. The maximum absolute atomic E-state index is 11.0. The number of phenols is 1. The van der Waals surface area contributed by atoms with E-state index < -0.39 is 0 Å². The molecule has 0 unspecified atom stereocenters. The normalized spacial score (nSPS) is 16.3. The Labute approximate surface area is 177 Å². The van der Waals surface area contributed by atoms with Crippen LogP contribution in [0.1, 0.15) is 63.8 Å². The number of nitrogens with zero attached hydrogens (tertiary/aromatic N) is 1. The second kappa shape index (κ2) is 8.02. The molecule has 2 N–H and O–H groups in total. The second-order valence-electron chi connectivity index (χ2n) is 10.7. The lowest BCUT2D eigenvalue weighted by atomic mass is 9.78. The van der Waals surface area contributed by atoms with Gasteiger partial charge in [-0.1, -0.05) is 59.7 Å². The Balaban J connectivity index is 1.78. The van der Waals surface area contributed by atoms with Crippen molar-refractivity contribution in [2.24, 2.45) is 0 Å². The number of anilines is 1. The maximum Gasteiger partial charge on any atom is 0.123 e. The molecular formula is C26H39N2O+. The number of para-hydroxylation sites is 1. The summed E-state index contributed by atoms with van der Waals surface area (Å²) in [6.07, 6.45) is 0. The first-order valence-electron chi connectivity index (χ1n) is 11.0. The monoisotopic (exact) mass is 395 g/mol. The number of hydrogen-bond acceptors (Lipinski definition) is 2. The molecule has 3 rings (SSSR count). The molecule has 2 aromatic rings. The third-order valence-electron chi connectivity index (χ3n) is 6.17. The van der Waals surface area contributed by atoms with E-state index in [2.05, 4.69) is 89.8 Å². The van der Waals surface area contributed by atoms with Gasteiger partial charge in [-0.3, -0.25) is 0 Å². The third kappa shape index (κ3) is 4.95. The molecule has 2 aromatic carbocycles. The van der Waals surface area contributed by atoms with E-state index >= 15 is 0 Å². The summed E-state index contributed by atoms with van der Waals surface area (Å²) in [5.74, 6) is 0.480. The fourth-order valence-electron chi connectivity index (χ4n) is 4.39. The number of benzene rings is 2. The summed E-state index contributed by atoms with van der Waals surface area (Å²) in [6.45, 7) is 20.8. The Morgan fingerprint density at radius 1 is 0.897 bits per heavy atom. The molecule has 0 aromatic heterocycles. The van der Waals surface area contributed by atoms with Crippen LogP contribution in [0.2, 0.25) is 0 Å². The van der Waals surface area contributed by atoms with E-state index in [0.717, 1.165) is 43.9 Å². The average Bonchev–Trinajstić information content (AvgIpc) is 2.62. The lowest BCUT2D eigenvalue weighted by molar-refractivity contribution is -0.914. The zero-order valence-electron chi connectivity index (χ0n) is 19.4. The standard InChI is InChI=1S/C26H38N2O/c1-19-10-8-9-11-23(19)28-14-12-27(13-15-28)18-20-16-21(25(2,3)4)24(29)22(17-20)26(5,6)7/h8-11,16-17,29H,12-15,18H2,1-7H3/p+1. The SMILES string of the molecule is Cc1ccccc1N1CC[NH+](Cc2cc(C(C)(C)C)c(O)c(C(C)(C)C)c2)CC1. The van der Waals surface area contributed by atoms with E-state index in [9.17, 15) is 5.11 Å². The highest BCUT2D eigenvalue weighted by Gasteiger charge is 2.28. The molecular weight excluding hydrogens is 356 g/mol. The molecule has 158 valence electrons. The minimum absolute atomic E-state index is 0.0705. The number of rotatable bonds is 3. The first-order chi connectivity index (χ1) is 13.5. The Hall–Kier alpha value is -2.00. The highest BCUT2D eigenvalue weighted by molar-refractivity contribution is 5.53. The smallest absolute Gasteiger partial charge is 0.123 e. The molecule has 3 heteroatoms. The van der Waals surface area contributed by atoms with Gasteiger partial charge in [-0.05, 0) is 41.5 Å². The molecule has 0 radical (unpaired) electrons. The number of phenolic OH excluding ortho intramolecular Hbond substituents is 1. The van der Waals surface area contributed by atoms with E-state index in [-0.39, 0.29) is 10.8 Å². The first-order valence-corrected chi connectivity index (χ1v) is 11.0. The van der Waals surface area contributed by atoms with Crippen molar-refractivity contribution in [1.82, 2.24) is 0 Å². The summed E-state index contributed by atoms with van der Waals surface area (Å²) >= 11 is 0. The van der Waals surface area contributed by atoms with Gasteiger partial charge in [0.1, 0.15) is 12.3 Å². The van der Waals surface area contributed by atoms with Crippen molar-refractivity contribution in [3.8, 4) is 5.75 Å². The molecule has 0 aliphatic carbocycles. The van der Waals surface area contributed by atoms with Crippen molar-refractivity contribution in [2.45, 2.75) is 65.8 Å². The Morgan fingerprint density at radius 3 is 1.90 bits per heavy atom. The zero-order valence-corrected chi connectivity index (χ0v) is 19.4. The van der Waals surface area contributed by atoms with Crippen molar-refractivity contribution in [1.29, 1.82) is 0 Å². The predicted molar refractivity (Wildman–Crippen MR) is 123 cm³/mol. The molecule has 1 saturated heterocycles. The average molecular weight is 396 g/mol. The summed E-state index contributed by atoms with van der Waals surface area (Å²) in [4.78, 5) is 4.15. The van der Waals surface area contributed by atoms with Gasteiger partial charge in [-0.2, -0.15) is 0 Å². The van der Waals surface area contributed by atoms with E-state index in [0.29, 0.717) is 5.75 Å². The van der Waals surface area contributed by atoms with Crippen LogP contribution in [0, 0.1) is 6.92 Å². The van der Waals surface area contributed by atoms with Crippen LogP contribution in [-0.4, -0.2) is 31.3 Å². The van der Waals surface area contributed by atoms with Crippen molar-refractivity contribution < 1.29 is 10.0 Å². The second-order valence-corrected chi connectivity index (χ2v) is 10.7. The van der Waals surface area contributed by atoms with E-state index in [1.807, 2.05) is 0 Å². The quantitative estimate of drug-likeness (QED) is 0.815. The molecule has 0 bridgehead atoms. The highest BCUT2D eigenvalue weighted by Crippen LogP contribution is 2.39. The molecule has 0 spiro atoms. The zero-order chi connectivity index (χ0) is 21.4. The van der Waals surface area contributed by atoms with Gasteiger partial charge < -0.3 is 14.9 Å². The van der Waals surface area contributed by atoms with E-state index in [1.165, 1.54) is 16.8 Å². The summed E-state index contributed by atoms with van der Waals surface area (Å²) in [5.41, 5.74) is 6.07. The van der Waals surface area contributed by atoms with Crippen LogP contribution in [0.5, 0.6) is 5.75 Å². The summed E-state index contributed by atoms with van der Waals surface area (Å²) in [6, 6.07) is 13.2. The van der Waals surface area contributed by atoms with Gasteiger partial charge in [0.05, 0.1) is 26.2 Å². The van der Waals surface area contributed by atoms with Crippen molar-refractivity contribution in [3.63, 3.8) is 0 Å². The number of nitrogens with one attached hydrogen (secondary N) is 1. The van der Waals surface area contributed by atoms with Crippen LogP contribution in [0.25, 0.3) is 0 Å². The van der Waals surface area contributed by atoms with Crippen LogP contribution in [0.3, 0.4) is 0 Å². The number of quaternary nitrogens is 1. The summed E-state index contributed by atoms with van der Waals surface area (Å²) < 4.78 is 0. The number of aryl methyl sites for hydroxylation is 1. The highest BCUT2D eigenvalue weighted by atomic mass is 16.3. The van der Waals surface area contributed by atoms with Crippen molar-refractivity contribution in [3.05, 3.63) is 58.7 Å². The van der Waals surface area contributed by atoms with Gasteiger partial charge in [0.2, 0.25) is 0 Å². The molecule has 0 saturated carbocycles. The largest absolute Gasteiger partial charge is 0.507 e.